The van der Waals surface area contributed by atoms with E-state index in [1.807, 2.05) is 13.8 Å². The van der Waals surface area contributed by atoms with Crippen molar-refractivity contribution >= 4 is 17.9 Å². The maximum Gasteiger partial charge on any atom is 0.200 e. The van der Waals surface area contributed by atoms with E-state index in [1.165, 1.54) is 0 Å². The number of hydrogen-bond acceptors (Lipinski definition) is 4. The minimum atomic E-state index is -0.0202. The monoisotopic (exact) mass is 242 g/mol. The van der Waals surface area contributed by atoms with Gasteiger partial charge >= 0.3 is 0 Å². The Kier molecular flexibility index (Phi) is 8.03. The van der Waals surface area contributed by atoms with Gasteiger partial charge in [0.2, 0.25) is 5.43 Å². The predicted octanol–water partition coefficient (Wildman–Crippen LogP) is 2.43. The normalized spacial score (nSPS) is 10.1. The van der Waals surface area contributed by atoms with Gasteiger partial charge in [0.05, 0.1) is 5.69 Å². The molecule has 3 nitrogen and oxygen atoms in total. The minimum absolute atomic E-state index is 0.0202. The van der Waals surface area contributed by atoms with E-state index in [-0.39, 0.29) is 5.43 Å². The second kappa shape index (κ2) is 8.42. The second-order valence-electron chi connectivity index (χ2n) is 3.43. The van der Waals surface area contributed by atoms with Crippen molar-refractivity contribution in [2.45, 2.75) is 27.2 Å². The number of nitrogens with one attached hydrogen (secondary N) is 1. The highest BCUT2D eigenvalue weighted by Gasteiger charge is 2.03. The Labute approximate surface area is 103 Å². The van der Waals surface area contributed by atoms with Gasteiger partial charge < -0.3 is 10.2 Å². The third-order valence-electron chi connectivity index (χ3n) is 2.32. The molecular weight excluding hydrogens is 220 g/mol. The quantitative estimate of drug-likeness (QED) is 0.613. The average molecular weight is 242 g/mol. The average Bonchev–Trinajstić information content (AvgIpc) is 2.34. The van der Waals surface area contributed by atoms with Crippen LogP contribution in [0.5, 0.6) is 0 Å². The second-order valence-corrected chi connectivity index (χ2v) is 3.84. The molecular formula is C12H22N2OS. The fourth-order valence-corrected chi connectivity index (χ4v) is 1.37. The summed E-state index contributed by atoms with van der Waals surface area (Å²) in [4.78, 5) is 13.0. The third kappa shape index (κ3) is 4.86. The van der Waals surface area contributed by atoms with Crippen LogP contribution in [0.1, 0.15) is 27.2 Å². The maximum atomic E-state index is 10.8. The minimum Gasteiger partial charge on any atom is -0.384 e. The molecule has 1 N–H and O–H groups in total. The van der Waals surface area contributed by atoms with Gasteiger partial charge in [-0.25, -0.2) is 0 Å². The SMILES string of the molecule is CC.CCN(C)CCCNc1cc(=O)c1=S. The molecule has 0 saturated carbocycles. The van der Waals surface area contributed by atoms with Crippen LogP contribution in [0.3, 0.4) is 0 Å². The standard InChI is InChI=1S/C10H16N2OS.C2H6/c1-3-12(2)6-4-5-11-8-7-9(13)10(8)14;1-2/h7,11H,3-6H2,1-2H3;1-2H3. The molecule has 0 bridgehead atoms. The summed E-state index contributed by atoms with van der Waals surface area (Å²) >= 11 is 4.86. The van der Waals surface area contributed by atoms with Crippen LogP contribution in [0.4, 0.5) is 5.69 Å². The Morgan fingerprint density at radius 1 is 1.44 bits per heavy atom. The van der Waals surface area contributed by atoms with Crippen molar-refractivity contribution in [3.05, 3.63) is 20.8 Å². The summed E-state index contributed by atoms with van der Waals surface area (Å²) < 4.78 is 0.453. The number of hydrogen-bond donors (Lipinski definition) is 1. The van der Waals surface area contributed by atoms with Crippen molar-refractivity contribution < 1.29 is 0 Å². The van der Waals surface area contributed by atoms with Crippen LogP contribution in [-0.2, 0) is 0 Å². The van der Waals surface area contributed by atoms with Gasteiger partial charge in [0.1, 0.15) is 4.51 Å². The van der Waals surface area contributed by atoms with E-state index in [9.17, 15) is 4.79 Å². The Morgan fingerprint density at radius 2 is 2.06 bits per heavy atom. The first-order chi connectivity index (χ1) is 7.65. The molecule has 0 heterocycles. The zero-order chi connectivity index (χ0) is 12.6. The van der Waals surface area contributed by atoms with Crippen LogP contribution in [0.2, 0.25) is 0 Å². The topological polar surface area (TPSA) is 32.3 Å². The maximum absolute atomic E-state index is 10.8. The van der Waals surface area contributed by atoms with Crippen molar-refractivity contribution in [3.63, 3.8) is 0 Å². The van der Waals surface area contributed by atoms with Crippen LogP contribution < -0.4 is 10.7 Å². The summed E-state index contributed by atoms with van der Waals surface area (Å²) in [6.07, 6.45) is 1.07. The zero-order valence-electron chi connectivity index (χ0n) is 10.7. The van der Waals surface area contributed by atoms with Gasteiger partial charge in [0, 0.05) is 12.6 Å². The summed E-state index contributed by atoms with van der Waals surface area (Å²) in [7, 11) is 2.09. The summed E-state index contributed by atoms with van der Waals surface area (Å²) in [6.45, 7) is 9.15. The van der Waals surface area contributed by atoms with Gasteiger partial charge in [-0.2, -0.15) is 0 Å². The molecule has 0 aromatic heterocycles. The molecule has 0 atom stereocenters. The smallest absolute Gasteiger partial charge is 0.200 e. The highest BCUT2D eigenvalue weighted by molar-refractivity contribution is 7.71. The van der Waals surface area contributed by atoms with Crippen molar-refractivity contribution in [1.82, 2.24) is 4.90 Å². The molecule has 1 aromatic carbocycles. The van der Waals surface area contributed by atoms with Crippen molar-refractivity contribution in [2.24, 2.45) is 0 Å². The Bertz CT molecular complexity index is 355. The molecule has 92 valence electrons. The lowest BCUT2D eigenvalue weighted by Gasteiger charge is -2.14. The summed E-state index contributed by atoms with van der Waals surface area (Å²) in [6, 6.07) is 1.56. The third-order valence-corrected chi connectivity index (χ3v) is 2.74. The molecule has 0 aliphatic rings. The molecule has 1 rings (SSSR count). The molecule has 16 heavy (non-hydrogen) atoms. The molecule has 0 spiro atoms. The first-order valence-electron chi connectivity index (χ1n) is 5.88. The van der Waals surface area contributed by atoms with Crippen molar-refractivity contribution in [2.75, 3.05) is 32.0 Å². The molecule has 0 saturated heterocycles. The highest BCUT2D eigenvalue weighted by Crippen LogP contribution is 2.07. The fraction of sp³-hybridized carbons (Fsp3) is 0.667. The van der Waals surface area contributed by atoms with E-state index in [0.717, 1.165) is 31.7 Å². The molecule has 0 radical (unpaired) electrons. The predicted molar refractivity (Wildman–Crippen MR) is 73.5 cm³/mol. The van der Waals surface area contributed by atoms with Crippen LogP contribution in [0, 0.1) is 4.51 Å². The van der Waals surface area contributed by atoms with Gasteiger partial charge in [0.25, 0.3) is 0 Å². The molecule has 0 fully saturated rings. The Balaban J connectivity index is 0.00000106. The van der Waals surface area contributed by atoms with Crippen molar-refractivity contribution in [1.29, 1.82) is 0 Å². The van der Waals surface area contributed by atoms with Crippen LogP contribution in [-0.4, -0.2) is 31.6 Å². The lowest BCUT2D eigenvalue weighted by molar-refractivity contribution is 0.351. The van der Waals surface area contributed by atoms with E-state index < -0.39 is 0 Å². The van der Waals surface area contributed by atoms with Crippen LogP contribution >= 0.6 is 12.2 Å². The zero-order valence-corrected chi connectivity index (χ0v) is 11.5. The summed E-state index contributed by atoms with van der Waals surface area (Å²) in [5.41, 5.74) is 0.817. The lowest BCUT2D eigenvalue weighted by Crippen LogP contribution is -2.22. The molecule has 0 aliphatic carbocycles. The Hall–Kier alpha value is -0.740. The molecule has 0 unspecified atom stereocenters. The molecule has 4 heteroatoms. The summed E-state index contributed by atoms with van der Waals surface area (Å²) in [5.74, 6) is 0. The van der Waals surface area contributed by atoms with E-state index >= 15 is 0 Å². The highest BCUT2D eigenvalue weighted by atomic mass is 32.1. The molecule has 0 aliphatic heterocycles. The van der Waals surface area contributed by atoms with Gasteiger partial charge in [-0.15, -0.1) is 0 Å². The van der Waals surface area contributed by atoms with Gasteiger partial charge in [-0.1, -0.05) is 33.0 Å². The van der Waals surface area contributed by atoms with Crippen LogP contribution in [0.25, 0.3) is 0 Å². The number of anilines is 1. The first-order valence-corrected chi connectivity index (χ1v) is 6.28. The molecule has 0 amide bonds. The number of rotatable bonds is 6. The van der Waals surface area contributed by atoms with E-state index in [4.69, 9.17) is 12.2 Å². The number of nitrogens with zero attached hydrogens (tertiary/aromatic N) is 1. The summed E-state index contributed by atoms with van der Waals surface area (Å²) in [5, 5.41) is 3.15. The van der Waals surface area contributed by atoms with E-state index in [2.05, 4.69) is 24.2 Å². The fourth-order valence-electron chi connectivity index (χ4n) is 1.18. The Morgan fingerprint density at radius 3 is 2.50 bits per heavy atom. The van der Waals surface area contributed by atoms with Crippen molar-refractivity contribution in [3.8, 4) is 0 Å². The molecule has 1 aromatic rings. The van der Waals surface area contributed by atoms with Gasteiger partial charge in [0.15, 0.2) is 0 Å². The van der Waals surface area contributed by atoms with E-state index in [0.29, 0.717) is 4.51 Å². The van der Waals surface area contributed by atoms with Gasteiger partial charge in [-0.05, 0) is 26.6 Å². The largest absolute Gasteiger partial charge is 0.384 e. The first kappa shape index (κ1) is 15.3. The van der Waals surface area contributed by atoms with Gasteiger partial charge in [-0.3, -0.25) is 4.79 Å². The lowest BCUT2D eigenvalue weighted by atomic mass is 10.2. The van der Waals surface area contributed by atoms with E-state index in [1.54, 1.807) is 6.07 Å². The van der Waals surface area contributed by atoms with Crippen LogP contribution in [0.15, 0.2) is 10.9 Å².